The Morgan fingerprint density at radius 3 is 2.65 bits per heavy atom. The normalized spacial score (nSPS) is 10.7. The smallest absolute Gasteiger partial charge is 0.225 e. The molecule has 1 heterocycles. The fraction of sp³-hybridized carbons (Fsp3) is 0.267. The molecule has 0 saturated heterocycles. The maximum Gasteiger partial charge on any atom is 0.225 e. The van der Waals surface area contributed by atoms with Gasteiger partial charge in [-0.2, -0.15) is 10.4 Å². The monoisotopic (exact) mass is 370 g/mol. The van der Waals surface area contributed by atoms with Crippen LogP contribution in [-0.4, -0.2) is 16.1 Å². The first-order valence-electron chi connectivity index (χ1n) is 6.77. The van der Waals surface area contributed by atoms with E-state index in [0.717, 1.165) is 0 Å². The average Bonchev–Trinajstić information content (AvgIpc) is 2.86. The Bertz CT molecular complexity index is 793. The number of hydrogen-bond donors (Lipinski definition) is 2. The van der Waals surface area contributed by atoms with Crippen molar-refractivity contribution in [2.24, 2.45) is 5.92 Å². The summed E-state index contributed by atoms with van der Waals surface area (Å²) in [5.41, 5.74) is 0.941. The summed E-state index contributed by atoms with van der Waals surface area (Å²) in [5, 5.41) is 19.5. The molecule has 0 fully saturated rings. The minimum Gasteiger partial charge on any atom is -0.310 e. The largest absolute Gasteiger partial charge is 0.310 e. The minimum absolute atomic E-state index is 0.183. The third-order valence-electron chi connectivity index (χ3n) is 3.03. The van der Waals surface area contributed by atoms with Crippen molar-refractivity contribution in [3.05, 3.63) is 32.8 Å². The summed E-state index contributed by atoms with van der Waals surface area (Å²) < 4.78 is 0. The summed E-state index contributed by atoms with van der Waals surface area (Å²) in [6.07, 6.45) is 0.340. The lowest BCUT2D eigenvalue weighted by Gasteiger charge is -2.06. The van der Waals surface area contributed by atoms with Crippen LogP contribution in [0.4, 0.5) is 5.82 Å². The van der Waals surface area contributed by atoms with Gasteiger partial charge >= 0.3 is 0 Å². The molecule has 1 aromatic heterocycles. The van der Waals surface area contributed by atoms with Crippen LogP contribution in [0.25, 0.3) is 11.3 Å². The standard InChI is InChI=1S/C15H13Cl3N4O/c1-7(2)5-11(23)20-15-9(6-19)14(21-22-15)8-3-4-10(16)13(18)12(8)17/h3-4,7H,5H2,1-2H3,(H2,20,21,22,23). The number of nitrogens with zero attached hydrogens (tertiary/aromatic N) is 2. The first-order valence-corrected chi connectivity index (χ1v) is 7.90. The Balaban J connectivity index is 2.42. The molecule has 0 saturated carbocycles. The molecule has 8 heteroatoms. The van der Waals surface area contributed by atoms with Crippen LogP contribution in [0.15, 0.2) is 12.1 Å². The zero-order valence-electron chi connectivity index (χ0n) is 12.4. The third kappa shape index (κ3) is 3.78. The summed E-state index contributed by atoms with van der Waals surface area (Å²) in [6.45, 7) is 3.86. The molecule has 2 rings (SSSR count). The number of nitrogens with one attached hydrogen (secondary N) is 2. The molecular formula is C15H13Cl3N4O. The average molecular weight is 372 g/mol. The van der Waals surface area contributed by atoms with Crippen molar-refractivity contribution in [3.63, 3.8) is 0 Å². The maximum atomic E-state index is 11.9. The van der Waals surface area contributed by atoms with Crippen molar-refractivity contribution in [1.82, 2.24) is 10.2 Å². The first kappa shape index (κ1) is 17.6. The van der Waals surface area contributed by atoms with Gasteiger partial charge in [-0.05, 0) is 18.1 Å². The number of nitriles is 1. The topological polar surface area (TPSA) is 81.6 Å². The molecule has 0 radical (unpaired) electrons. The molecule has 120 valence electrons. The van der Waals surface area contributed by atoms with Gasteiger partial charge in [0.05, 0.1) is 15.1 Å². The van der Waals surface area contributed by atoms with Gasteiger partial charge in [-0.15, -0.1) is 0 Å². The first-order chi connectivity index (χ1) is 10.8. The van der Waals surface area contributed by atoms with Crippen molar-refractivity contribution < 1.29 is 4.79 Å². The van der Waals surface area contributed by atoms with Crippen molar-refractivity contribution in [2.75, 3.05) is 5.32 Å². The second-order valence-corrected chi connectivity index (χ2v) is 6.47. The van der Waals surface area contributed by atoms with Crippen LogP contribution in [0.3, 0.4) is 0 Å². The van der Waals surface area contributed by atoms with E-state index >= 15 is 0 Å². The van der Waals surface area contributed by atoms with Crippen LogP contribution in [-0.2, 0) is 4.79 Å². The van der Waals surface area contributed by atoms with Crippen LogP contribution in [0.2, 0.25) is 15.1 Å². The van der Waals surface area contributed by atoms with Crippen LogP contribution >= 0.6 is 34.8 Å². The number of amides is 1. The van der Waals surface area contributed by atoms with Gasteiger partial charge in [-0.1, -0.05) is 48.7 Å². The number of aromatic nitrogens is 2. The van der Waals surface area contributed by atoms with Gasteiger partial charge in [0, 0.05) is 12.0 Å². The Labute approximate surface area is 148 Å². The highest BCUT2D eigenvalue weighted by Crippen LogP contribution is 2.39. The number of rotatable bonds is 4. The fourth-order valence-corrected chi connectivity index (χ4v) is 2.63. The number of anilines is 1. The molecule has 0 spiro atoms. The van der Waals surface area contributed by atoms with Crippen molar-refractivity contribution in [1.29, 1.82) is 5.26 Å². The second kappa shape index (κ2) is 7.22. The van der Waals surface area contributed by atoms with E-state index in [0.29, 0.717) is 22.7 Å². The molecule has 2 N–H and O–H groups in total. The maximum absolute atomic E-state index is 11.9. The van der Waals surface area contributed by atoms with Crippen LogP contribution < -0.4 is 5.32 Å². The summed E-state index contributed by atoms with van der Waals surface area (Å²) in [4.78, 5) is 11.9. The molecule has 23 heavy (non-hydrogen) atoms. The predicted octanol–water partition coefficient (Wildman–Crippen LogP) is 4.89. The third-order valence-corrected chi connectivity index (χ3v) is 4.32. The van der Waals surface area contributed by atoms with Gasteiger partial charge in [0.25, 0.3) is 0 Å². The van der Waals surface area contributed by atoms with Gasteiger partial charge in [0.2, 0.25) is 5.91 Å². The van der Waals surface area contributed by atoms with Gasteiger partial charge in [0.1, 0.15) is 23.1 Å². The Kier molecular flexibility index (Phi) is 5.53. The fourth-order valence-electron chi connectivity index (χ4n) is 2.01. The molecule has 2 aromatic rings. The lowest BCUT2D eigenvalue weighted by Crippen LogP contribution is -2.14. The molecule has 0 aliphatic rings. The van der Waals surface area contributed by atoms with Gasteiger partial charge in [-0.3, -0.25) is 9.89 Å². The quantitative estimate of drug-likeness (QED) is 0.750. The molecule has 0 atom stereocenters. The molecule has 0 aliphatic carbocycles. The molecule has 0 unspecified atom stereocenters. The molecule has 0 aliphatic heterocycles. The zero-order chi connectivity index (χ0) is 17.1. The number of aromatic amines is 1. The molecule has 5 nitrogen and oxygen atoms in total. The van der Waals surface area contributed by atoms with E-state index < -0.39 is 0 Å². The minimum atomic E-state index is -0.202. The predicted molar refractivity (Wildman–Crippen MR) is 91.9 cm³/mol. The Morgan fingerprint density at radius 1 is 1.35 bits per heavy atom. The molecule has 1 amide bonds. The number of carbonyl (C=O) groups excluding carboxylic acids is 1. The van der Waals surface area contributed by atoms with Crippen molar-refractivity contribution in [2.45, 2.75) is 20.3 Å². The van der Waals surface area contributed by atoms with E-state index in [1.54, 1.807) is 12.1 Å². The van der Waals surface area contributed by atoms with E-state index in [9.17, 15) is 10.1 Å². The SMILES string of the molecule is CC(C)CC(=O)Nc1[nH]nc(-c2ccc(Cl)c(Cl)c2Cl)c1C#N. The van der Waals surface area contributed by atoms with Crippen molar-refractivity contribution >= 4 is 46.5 Å². The molecule has 1 aromatic carbocycles. The van der Waals surface area contributed by atoms with E-state index in [4.69, 9.17) is 34.8 Å². The van der Waals surface area contributed by atoms with E-state index in [1.807, 2.05) is 19.9 Å². The zero-order valence-corrected chi connectivity index (χ0v) is 14.6. The van der Waals surface area contributed by atoms with E-state index in [2.05, 4.69) is 15.5 Å². The van der Waals surface area contributed by atoms with Crippen LogP contribution in [0.5, 0.6) is 0 Å². The summed E-state index contributed by atoms with van der Waals surface area (Å²) in [7, 11) is 0. The number of halogens is 3. The highest BCUT2D eigenvalue weighted by molar-refractivity contribution is 6.49. The highest BCUT2D eigenvalue weighted by Gasteiger charge is 2.20. The highest BCUT2D eigenvalue weighted by atomic mass is 35.5. The Morgan fingerprint density at radius 2 is 2.04 bits per heavy atom. The summed E-state index contributed by atoms with van der Waals surface area (Å²) in [5.74, 6) is 0.231. The van der Waals surface area contributed by atoms with Gasteiger partial charge < -0.3 is 5.32 Å². The van der Waals surface area contributed by atoms with E-state index in [-0.39, 0.29) is 33.3 Å². The molecule has 0 bridgehead atoms. The van der Waals surface area contributed by atoms with Gasteiger partial charge in [-0.25, -0.2) is 0 Å². The van der Waals surface area contributed by atoms with E-state index in [1.165, 1.54) is 0 Å². The van der Waals surface area contributed by atoms with Crippen molar-refractivity contribution in [3.8, 4) is 17.3 Å². The number of carbonyl (C=O) groups is 1. The number of benzene rings is 1. The number of H-pyrrole nitrogens is 1. The summed E-state index contributed by atoms with van der Waals surface area (Å²) >= 11 is 18.1. The summed E-state index contributed by atoms with van der Waals surface area (Å²) in [6, 6.07) is 5.21. The number of hydrogen-bond acceptors (Lipinski definition) is 3. The van der Waals surface area contributed by atoms with Crippen LogP contribution in [0.1, 0.15) is 25.8 Å². The molecular weight excluding hydrogens is 359 g/mol. The lowest BCUT2D eigenvalue weighted by molar-refractivity contribution is -0.116. The van der Waals surface area contributed by atoms with Crippen LogP contribution in [0, 0.1) is 17.2 Å². The lowest BCUT2D eigenvalue weighted by atomic mass is 10.1. The Hall–Kier alpha value is -1.74. The second-order valence-electron chi connectivity index (χ2n) is 5.30. The van der Waals surface area contributed by atoms with Gasteiger partial charge in [0.15, 0.2) is 0 Å².